The molecule has 2 atom stereocenters. The van der Waals surface area contributed by atoms with Crippen LogP contribution in [0.3, 0.4) is 0 Å². The average Bonchev–Trinajstić information content (AvgIpc) is 3.15. The quantitative estimate of drug-likeness (QED) is 0.808. The number of aliphatic carboxylic acids is 1. The van der Waals surface area contributed by atoms with E-state index in [0.717, 1.165) is 36.6 Å². The zero-order valence-corrected chi connectivity index (χ0v) is 15.9. The number of hydrogen-bond acceptors (Lipinski definition) is 6. The number of carboxylic acid groups (broad SMARTS) is 1. The van der Waals surface area contributed by atoms with Gasteiger partial charge in [-0.25, -0.2) is 18.2 Å². The smallest absolute Gasteiger partial charge is 0.475 e. The SMILES string of the molecule is Cc1nc(CN2CC[C@H]3[C@H]2CCN3S(C)(=O)=O)cs1.O=C(O)C(F)(F)F. The Balaban J connectivity index is 0.000000298. The lowest BCUT2D eigenvalue weighted by Crippen LogP contribution is -2.39. The van der Waals surface area contributed by atoms with E-state index in [1.54, 1.807) is 15.6 Å². The standard InChI is InChI=1S/C12H19N3O2S2.C2HF3O2/c1-9-13-10(8-18-9)7-14-5-3-12-11(14)4-6-15(12)19(2,16)17;3-2(4,5)1(6)7/h8,11-12H,3-7H2,1-2H3;(H,6,7)/t11-,12+;/m1./s1. The molecule has 0 amide bonds. The molecular formula is C14H20F3N3O4S2. The summed E-state index contributed by atoms with van der Waals surface area (Å²) >= 11 is 1.67. The molecule has 26 heavy (non-hydrogen) atoms. The summed E-state index contributed by atoms with van der Waals surface area (Å²) in [5.74, 6) is -2.76. The van der Waals surface area contributed by atoms with Gasteiger partial charge < -0.3 is 5.11 Å². The first kappa shape index (κ1) is 21.1. The predicted octanol–water partition coefficient (Wildman–Crippen LogP) is 1.69. The molecule has 0 radical (unpaired) electrons. The number of rotatable bonds is 3. The summed E-state index contributed by atoms with van der Waals surface area (Å²) in [6.45, 7) is 4.50. The highest BCUT2D eigenvalue weighted by atomic mass is 32.2. The van der Waals surface area contributed by atoms with Gasteiger partial charge in [0.15, 0.2) is 0 Å². The maximum Gasteiger partial charge on any atom is 0.490 e. The van der Waals surface area contributed by atoms with Crippen molar-refractivity contribution in [3.63, 3.8) is 0 Å². The molecule has 7 nitrogen and oxygen atoms in total. The van der Waals surface area contributed by atoms with E-state index in [9.17, 15) is 21.6 Å². The summed E-state index contributed by atoms with van der Waals surface area (Å²) in [6.07, 6.45) is -1.87. The molecule has 1 N–H and O–H groups in total. The van der Waals surface area contributed by atoms with E-state index >= 15 is 0 Å². The molecule has 0 unspecified atom stereocenters. The predicted molar refractivity (Wildman–Crippen MR) is 89.3 cm³/mol. The Kier molecular flexibility index (Phi) is 6.31. The number of nitrogens with zero attached hydrogens (tertiary/aromatic N) is 3. The normalized spacial score (nSPS) is 24.2. The van der Waals surface area contributed by atoms with Crippen LogP contribution in [0.5, 0.6) is 0 Å². The highest BCUT2D eigenvalue weighted by Crippen LogP contribution is 2.34. The van der Waals surface area contributed by atoms with Crippen molar-refractivity contribution in [3.05, 3.63) is 16.1 Å². The summed E-state index contributed by atoms with van der Waals surface area (Å²) in [5.41, 5.74) is 1.11. The van der Waals surface area contributed by atoms with E-state index in [1.807, 2.05) is 6.92 Å². The summed E-state index contributed by atoms with van der Waals surface area (Å²) in [7, 11) is -3.06. The second-order valence-corrected chi connectivity index (χ2v) is 9.21. The van der Waals surface area contributed by atoms with E-state index in [2.05, 4.69) is 15.3 Å². The highest BCUT2D eigenvalue weighted by Gasteiger charge is 2.45. The van der Waals surface area contributed by atoms with Crippen molar-refractivity contribution in [2.45, 2.75) is 44.6 Å². The number of fused-ring (bicyclic) bond motifs is 1. The van der Waals surface area contributed by atoms with Crippen molar-refractivity contribution in [3.8, 4) is 0 Å². The Hall–Kier alpha value is -1.24. The number of thiazole rings is 1. The lowest BCUT2D eigenvalue weighted by Gasteiger charge is -2.23. The van der Waals surface area contributed by atoms with Crippen LogP contribution < -0.4 is 0 Å². The van der Waals surface area contributed by atoms with Gasteiger partial charge in [0.2, 0.25) is 10.0 Å². The van der Waals surface area contributed by atoms with Crippen molar-refractivity contribution in [1.82, 2.24) is 14.2 Å². The Bertz CT molecular complexity index is 751. The van der Waals surface area contributed by atoms with Crippen LogP contribution in [0.4, 0.5) is 13.2 Å². The fourth-order valence-corrected chi connectivity index (χ4v) is 5.11. The Labute approximate surface area is 153 Å². The van der Waals surface area contributed by atoms with Gasteiger partial charge in [-0.15, -0.1) is 11.3 Å². The maximum absolute atomic E-state index is 11.7. The van der Waals surface area contributed by atoms with Crippen molar-refractivity contribution >= 4 is 27.3 Å². The third-order valence-corrected chi connectivity index (χ3v) is 6.47. The largest absolute Gasteiger partial charge is 0.490 e. The van der Waals surface area contributed by atoms with Gasteiger partial charge in [0, 0.05) is 37.1 Å². The molecule has 3 heterocycles. The molecule has 2 aliphatic rings. The molecule has 0 bridgehead atoms. The summed E-state index contributed by atoms with van der Waals surface area (Å²) in [6, 6.07) is 0.548. The molecule has 2 saturated heterocycles. The molecule has 1 aromatic heterocycles. The zero-order valence-electron chi connectivity index (χ0n) is 14.2. The Morgan fingerprint density at radius 2 is 1.92 bits per heavy atom. The fourth-order valence-electron chi connectivity index (χ4n) is 3.33. The summed E-state index contributed by atoms with van der Waals surface area (Å²) in [4.78, 5) is 15.8. The number of likely N-dealkylation sites (tertiary alicyclic amines) is 1. The third-order valence-electron chi connectivity index (χ3n) is 4.34. The number of aromatic nitrogens is 1. The number of carbonyl (C=O) groups is 1. The summed E-state index contributed by atoms with van der Waals surface area (Å²) < 4.78 is 56.9. The minimum absolute atomic E-state index is 0.176. The summed E-state index contributed by atoms with van der Waals surface area (Å²) in [5, 5.41) is 10.3. The van der Waals surface area contributed by atoms with E-state index < -0.39 is 22.2 Å². The molecule has 0 spiro atoms. The Morgan fingerprint density at radius 3 is 2.38 bits per heavy atom. The van der Waals surface area contributed by atoms with Crippen LogP contribution in [0.25, 0.3) is 0 Å². The third kappa shape index (κ3) is 5.15. The maximum atomic E-state index is 11.7. The van der Waals surface area contributed by atoms with Crippen molar-refractivity contribution < 1.29 is 31.5 Å². The molecule has 3 rings (SSSR count). The van der Waals surface area contributed by atoms with Gasteiger partial charge in [-0.05, 0) is 19.8 Å². The fraction of sp³-hybridized carbons (Fsp3) is 0.714. The van der Waals surface area contributed by atoms with Crippen LogP contribution in [0.1, 0.15) is 23.5 Å². The van der Waals surface area contributed by atoms with E-state index in [4.69, 9.17) is 9.90 Å². The lowest BCUT2D eigenvalue weighted by atomic mass is 10.1. The molecule has 148 valence electrons. The van der Waals surface area contributed by atoms with Gasteiger partial charge >= 0.3 is 12.1 Å². The Morgan fingerprint density at radius 1 is 1.35 bits per heavy atom. The molecule has 0 aromatic carbocycles. The van der Waals surface area contributed by atoms with Gasteiger partial charge in [-0.1, -0.05) is 0 Å². The number of sulfonamides is 1. The molecule has 12 heteroatoms. The van der Waals surface area contributed by atoms with Crippen LogP contribution in [-0.2, 0) is 21.4 Å². The first-order valence-electron chi connectivity index (χ1n) is 7.81. The number of carboxylic acids is 1. The van der Waals surface area contributed by atoms with Gasteiger partial charge in [0.25, 0.3) is 0 Å². The van der Waals surface area contributed by atoms with Gasteiger partial charge in [0.1, 0.15) is 0 Å². The molecule has 1 aromatic rings. The van der Waals surface area contributed by atoms with Crippen LogP contribution >= 0.6 is 11.3 Å². The van der Waals surface area contributed by atoms with E-state index in [-0.39, 0.29) is 6.04 Å². The molecule has 2 fully saturated rings. The average molecular weight is 415 g/mol. The van der Waals surface area contributed by atoms with Crippen LogP contribution in [0, 0.1) is 6.92 Å². The zero-order chi connectivity index (χ0) is 19.7. The minimum atomic E-state index is -5.08. The van der Waals surface area contributed by atoms with Crippen molar-refractivity contribution in [2.24, 2.45) is 0 Å². The monoisotopic (exact) mass is 415 g/mol. The molecular weight excluding hydrogens is 395 g/mol. The van der Waals surface area contributed by atoms with Crippen LogP contribution in [0.15, 0.2) is 5.38 Å². The van der Waals surface area contributed by atoms with Crippen LogP contribution in [-0.4, -0.2) is 71.3 Å². The van der Waals surface area contributed by atoms with Crippen LogP contribution in [0.2, 0.25) is 0 Å². The number of halogens is 3. The van der Waals surface area contributed by atoms with Gasteiger partial charge in [-0.2, -0.15) is 17.5 Å². The van der Waals surface area contributed by atoms with Gasteiger partial charge in [0.05, 0.1) is 17.0 Å². The number of alkyl halides is 3. The second kappa shape index (κ2) is 7.79. The molecule has 0 saturated carbocycles. The van der Waals surface area contributed by atoms with E-state index in [1.165, 1.54) is 6.26 Å². The first-order chi connectivity index (χ1) is 11.9. The topological polar surface area (TPSA) is 90.8 Å². The minimum Gasteiger partial charge on any atom is -0.475 e. The second-order valence-electron chi connectivity index (χ2n) is 6.22. The molecule has 2 aliphatic heterocycles. The van der Waals surface area contributed by atoms with Crippen molar-refractivity contribution in [1.29, 1.82) is 0 Å². The van der Waals surface area contributed by atoms with Gasteiger partial charge in [-0.3, -0.25) is 4.90 Å². The highest BCUT2D eigenvalue weighted by molar-refractivity contribution is 7.88. The number of hydrogen-bond donors (Lipinski definition) is 1. The number of aryl methyl sites for hydroxylation is 1. The molecule has 0 aliphatic carbocycles. The van der Waals surface area contributed by atoms with E-state index in [0.29, 0.717) is 12.6 Å². The van der Waals surface area contributed by atoms with Crippen molar-refractivity contribution in [2.75, 3.05) is 19.3 Å². The first-order valence-corrected chi connectivity index (χ1v) is 10.5. The lowest BCUT2D eigenvalue weighted by molar-refractivity contribution is -0.192.